The Hall–Kier alpha value is -3.08. The highest BCUT2D eigenvalue weighted by Gasteiger charge is 2.45. The van der Waals surface area contributed by atoms with Crippen LogP contribution >= 0.6 is 0 Å². The first-order valence-electron chi connectivity index (χ1n) is 11.2. The van der Waals surface area contributed by atoms with Gasteiger partial charge in [-0.2, -0.15) is 5.10 Å². The minimum Gasteiger partial charge on any atom is -0.488 e. The molecule has 0 radical (unpaired) electrons. The second kappa shape index (κ2) is 9.65. The Balaban J connectivity index is 1.25. The van der Waals surface area contributed by atoms with Gasteiger partial charge in [-0.25, -0.2) is 18.4 Å². The van der Waals surface area contributed by atoms with Crippen LogP contribution in [0.25, 0.3) is 0 Å². The summed E-state index contributed by atoms with van der Waals surface area (Å²) in [6.07, 6.45) is 2.17. The maximum absolute atomic E-state index is 14.7. The minimum absolute atomic E-state index is 0.0613. The molecule has 2 aliphatic heterocycles. The molecule has 3 heterocycles. The highest BCUT2D eigenvalue weighted by molar-refractivity contribution is 5.49. The minimum atomic E-state index is -1.19. The van der Waals surface area contributed by atoms with Gasteiger partial charge in [0.1, 0.15) is 42.2 Å². The summed E-state index contributed by atoms with van der Waals surface area (Å²) in [6.45, 7) is 4.41. The zero-order chi connectivity index (χ0) is 23.5. The van der Waals surface area contributed by atoms with Crippen LogP contribution in [0.15, 0.2) is 55.1 Å². The molecule has 2 saturated heterocycles. The lowest BCUT2D eigenvalue weighted by Gasteiger charge is -2.34. The molecule has 8 nitrogen and oxygen atoms in total. The van der Waals surface area contributed by atoms with Crippen molar-refractivity contribution in [3.63, 3.8) is 0 Å². The third kappa shape index (κ3) is 4.89. The van der Waals surface area contributed by atoms with Gasteiger partial charge in [-0.3, -0.25) is 0 Å². The van der Waals surface area contributed by atoms with Gasteiger partial charge >= 0.3 is 0 Å². The summed E-state index contributed by atoms with van der Waals surface area (Å²) in [5.41, 5.74) is 0.168. The third-order valence-corrected chi connectivity index (χ3v) is 6.26. The number of hydrogen-bond acceptors (Lipinski definition) is 7. The highest BCUT2D eigenvalue weighted by Crippen LogP contribution is 2.37. The van der Waals surface area contributed by atoms with Crippen LogP contribution in [0, 0.1) is 11.6 Å². The van der Waals surface area contributed by atoms with Crippen molar-refractivity contribution in [2.45, 2.75) is 18.4 Å². The van der Waals surface area contributed by atoms with Crippen molar-refractivity contribution >= 4 is 5.69 Å². The van der Waals surface area contributed by atoms with Gasteiger partial charge in [0, 0.05) is 43.5 Å². The molecule has 0 N–H and O–H groups in total. The van der Waals surface area contributed by atoms with E-state index in [2.05, 4.69) is 26.9 Å². The number of anilines is 1. The van der Waals surface area contributed by atoms with Crippen LogP contribution in [0.3, 0.4) is 0 Å². The van der Waals surface area contributed by atoms with Crippen molar-refractivity contribution in [3.05, 3.63) is 72.3 Å². The molecule has 0 saturated carbocycles. The summed E-state index contributed by atoms with van der Waals surface area (Å²) < 4.78 is 47.7. The Morgan fingerprint density at radius 3 is 2.59 bits per heavy atom. The van der Waals surface area contributed by atoms with E-state index < -0.39 is 23.5 Å². The van der Waals surface area contributed by atoms with E-state index in [9.17, 15) is 8.78 Å². The molecule has 0 aliphatic carbocycles. The van der Waals surface area contributed by atoms with E-state index in [0.29, 0.717) is 5.75 Å². The topological polar surface area (TPSA) is 64.9 Å². The number of piperazine rings is 1. The molecule has 1 unspecified atom stereocenters. The summed E-state index contributed by atoms with van der Waals surface area (Å²) in [5.74, 6) is -0.674. The number of hydrogen-bond donors (Lipinski definition) is 0. The smallest absolute Gasteiger partial charge is 0.193 e. The van der Waals surface area contributed by atoms with E-state index >= 15 is 0 Å². The third-order valence-electron chi connectivity index (χ3n) is 6.26. The molecule has 34 heavy (non-hydrogen) atoms. The highest BCUT2D eigenvalue weighted by atomic mass is 19.1. The van der Waals surface area contributed by atoms with Crippen molar-refractivity contribution in [1.29, 1.82) is 0 Å². The molecule has 2 aromatic carbocycles. The first-order chi connectivity index (χ1) is 16.5. The molecule has 0 amide bonds. The Labute approximate surface area is 196 Å². The molecule has 180 valence electrons. The lowest BCUT2D eigenvalue weighted by atomic mass is 9.94. The van der Waals surface area contributed by atoms with Gasteiger partial charge in [-0.1, -0.05) is 6.07 Å². The van der Waals surface area contributed by atoms with Crippen LogP contribution in [0.4, 0.5) is 14.5 Å². The molecule has 1 aromatic heterocycles. The molecule has 2 aliphatic rings. The number of ether oxygens (including phenoxy) is 3. The molecule has 10 heteroatoms. The number of nitrogens with zero attached hydrogens (tertiary/aromatic N) is 5. The molecule has 5 rings (SSSR count). The Morgan fingerprint density at radius 2 is 1.88 bits per heavy atom. The van der Waals surface area contributed by atoms with Crippen molar-refractivity contribution in [1.82, 2.24) is 19.7 Å². The molecule has 0 bridgehead atoms. The predicted octanol–water partition coefficient (Wildman–Crippen LogP) is 2.66. The summed E-state index contributed by atoms with van der Waals surface area (Å²) >= 11 is 0. The van der Waals surface area contributed by atoms with Gasteiger partial charge in [-0.05, 0) is 37.4 Å². The van der Waals surface area contributed by atoms with Crippen molar-refractivity contribution in [3.8, 4) is 5.75 Å². The van der Waals surface area contributed by atoms with E-state index in [1.165, 1.54) is 29.5 Å². The molecule has 2 fully saturated rings. The summed E-state index contributed by atoms with van der Waals surface area (Å²) in [4.78, 5) is 8.60. The quantitative estimate of drug-likeness (QED) is 0.525. The predicted molar refractivity (Wildman–Crippen MR) is 121 cm³/mol. The van der Waals surface area contributed by atoms with Crippen LogP contribution in [-0.2, 0) is 21.6 Å². The maximum Gasteiger partial charge on any atom is 0.193 e. The Kier molecular flexibility index (Phi) is 6.44. The first-order valence-corrected chi connectivity index (χ1v) is 11.2. The number of benzene rings is 2. The van der Waals surface area contributed by atoms with E-state index in [4.69, 9.17) is 14.2 Å². The average Bonchev–Trinajstić information content (AvgIpc) is 3.49. The number of halogens is 2. The van der Waals surface area contributed by atoms with Crippen LogP contribution in [0.1, 0.15) is 5.56 Å². The zero-order valence-electron chi connectivity index (χ0n) is 18.9. The number of rotatable bonds is 7. The van der Waals surface area contributed by atoms with E-state index in [1.54, 1.807) is 0 Å². The van der Waals surface area contributed by atoms with Crippen LogP contribution < -0.4 is 9.64 Å². The largest absolute Gasteiger partial charge is 0.488 e. The Morgan fingerprint density at radius 1 is 1.09 bits per heavy atom. The first kappa shape index (κ1) is 22.7. The monoisotopic (exact) mass is 471 g/mol. The average molecular weight is 472 g/mol. The van der Waals surface area contributed by atoms with Crippen LogP contribution in [-0.4, -0.2) is 72.4 Å². The second-order valence-corrected chi connectivity index (χ2v) is 8.67. The van der Waals surface area contributed by atoms with E-state index in [0.717, 1.165) is 37.9 Å². The zero-order valence-corrected chi connectivity index (χ0v) is 18.9. The van der Waals surface area contributed by atoms with Gasteiger partial charge in [0.05, 0.1) is 13.2 Å². The SMILES string of the molecule is CN1CCN(c2ccc(OC[C@H]3OCC(Cn4cncn4)(c4ccc(F)cc4F)O3)cc2)CC1. The fraction of sp³-hybridized carbons (Fsp3) is 0.417. The van der Waals surface area contributed by atoms with Gasteiger partial charge < -0.3 is 24.0 Å². The van der Waals surface area contributed by atoms with E-state index in [1.807, 2.05) is 24.3 Å². The normalized spacial score (nSPS) is 23.4. The Bertz CT molecular complexity index is 1090. The number of likely N-dealkylation sites (N-methyl/N-ethyl adjacent to an activating group) is 1. The van der Waals surface area contributed by atoms with E-state index in [-0.39, 0.29) is 25.3 Å². The standard InChI is InChI=1S/C24H27F2N5O3/c1-29-8-10-30(11-9-29)19-3-5-20(6-4-19)32-13-23-33-15-24(34-23,14-31-17-27-16-28-31)21-7-2-18(25)12-22(21)26/h2-7,12,16-17,23H,8-11,13-15H2,1H3/t23-,24?/m0/s1. The molecule has 2 atom stereocenters. The van der Waals surface area contributed by atoms with Crippen LogP contribution in [0.5, 0.6) is 5.75 Å². The van der Waals surface area contributed by atoms with Crippen molar-refractivity contribution in [2.75, 3.05) is 51.3 Å². The van der Waals surface area contributed by atoms with Gasteiger partial charge in [0.2, 0.25) is 0 Å². The lowest BCUT2D eigenvalue weighted by Crippen LogP contribution is -2.44. The second-order valence-electron chi connectivity index (χ2n) is 8.67. The summed E-state index contributed by atoms with van der Waals surface area (Å²) in [7, 11) is 2.13. The van der Waals surface area contributed by atoms with Crippen LogP contribution in [0.2, 0.25) is 0 Å². The van der Waals surface area contributed by atoms with Crippen molar-refractivity contribution < 1.29 is 23.0 Å². The lowest BCUT2D eigenvalue weighted by molar-refractivity contribution is -0.117. The fourth-order valence-corrected chi connectivity index (χ4v) is 4.36. The fourth-order valence-electron chi connectivity index (χ4n) is 4.36. The maximum atomic E-state index is 14.7. The van der Waals surface area contributed by atoms with Gasteiger partial charge in [0.25, 0.3) is 0 Å². The summed E-state index contributed by atoms with van der Waals surface area (Å²) in [6, 6.07) is 11.4. The molecule has 3 aromatic rings. The molecular formula is C24H27F2N5O3. The molecule has 0 spiro atoms. The summed E-state index contributed by atoms with van der Waals surface area (Å²) in [5, 5.41) is 4.10. The number of aromatic nitrogens is 3. The van der Waals surface area contributed by atoms with Gasteiger partial charge in [-0.15, -0.1) is 0 Å². The van der Waals surface area contributed by atoms with Gasteiger partial charge in [0.15, 0.2) is 6.29 Å². The van der Waals surface area contributed by atoms with Crippen molar-refractivity contribution in [2.24, 2.45) is 0 Å². The molecular weight excluding hydrogens is 444 g/mol.